The number of nitrogens with zero attached hydrogens (tertiary/aromatic N) is 5. The summed E-state index contributed by atoms with van der Waals surface area (Å²) in [5.74, 6) is -0.686. The molecule has 1 amide bonds. The van der Waals surface area contributed by atoms with Crippen LogP contribution in [0, 0.1) is 15.9 Å². The fraction of sp³-hybridized carbons (Fsp3) is 0.0645. The van der Waals surface area contributed by atoms with Crippen molar-refractivity contribution in [2.75, 3.05) is 0 Å². The molecular formula is C31H22FN5O3. The Morgan fingerprint density at radius 1 is 0.875 bits per heavy atom. The third-order valence-corrected chi connectivity index (χ3v) is 6.77. The molecule has 1 atom stereocenters. The quantitative estimate of drug-likeness (QED) is 0.183. The number of non-ortho nitro benzene ring substituents is 1. The molecule has 1 unspecified atom stereocenters. The number of hydrogen-bond acceptors (Lipinski definition) is 5. The molecule has 5 aromatic rings. The van der Waals surface area contributed by atoms with Gasteiger partial charge in [-0.2, -0.15) is 10.2 Å². The molecule has 0 bridgehead atoms. The van der Waals surface area contributed by atoms with Gasteiger partial charge in [-0.15, -0.1) is 0 Å². The SMILES string of the molecule is O=C(c1ccccc1)N1N=C(c2cccc([N+](=O)[O-])c2)CC1c1cn(-c2ccccc2)nc1-c1ccc(F)cc1. The van der Waals surface area contributed by atoms with Gasteiger partial charge in [0.2, 0.25) is 0 Å². The van der Waals surface area contributed by atoms with Gasteiger partial charge in [-0.05, 0) is 48.5 Å². The van der Waals surface area contributed by atoms with Crippen LogP contribution in [0.2, 0.25) is 0 Å². The van der Waals surface area contributed by atoms with Gasteiger partial charge >= 0.3 is 0 Å². The van der Waals surface area contributed by atoms with Crippen molar-refractivity contribution in [3.8, 4) is 16.9 Å². The maximum absolute atomic E-state index is 13.8. The molecule has 0 fully saturated rings. The van der Waals surface area contributed by atoms with Gasteiger partial charge in [-0.3, -0.25) is 14.9 Å². The molecule has 1 aliphatic heterocycles. The molecule has 0 radical (unpaired) electrons. The van der Waals surface area contributed by atoms with Crippen LogP contribution in [0.1, 0.15) is 33.9 Å². The summed E-state index contributed by atoms with van der Waals surface area (Å²) in [4.78, 5) is 24.8. The van der Waals surface area contributed by atoms with Gasteiger partial charge in [0, 0.05) is 47.0 Å². The van der Waals surface area contributed by atoms with Crippen LogP contribution in [0.5, 0.6) is 0 Å². The minimum atomic E-state index is -0.570. The van der Waals surface area contributed by atoms with Crippen molar-refractivity contribution in [1.82, 2.24) is 14.8 Å². The molecule has 0 spiro atoms. The van der Waals surface area contributed by atoms with Crippen molar-refractivity contribution in [2.45, 2.75) is 12.5 Å². The van der Waals surface area contributed by atoms with E-state index in [9.17, 15) is 19.3 Å². The number of hydrogen-bond donors (Lipinski definition) is 0. The van der Waals surface area contributed by atoms with Gasteiger partial charge in [-0.25, -0.2) is 14.1 Å². The Morgan fingerprint density at radius 3 is 2.27 bits per heavy atom. The summed E-state index contributed by atoms with van der Waals surface area (Å²) in [6.45, 7) is 0. The molecule has 9 heteroatoms. The molecule has 0 aliphatic carbocycles. The molecule has 0 saturated heterocycles. The summed E-state index contributed by atoms with van der Waals surface area (Å²) in [6.07, 6.45) is 2.16. The number of carbonyl (C=O) groups is 1. The second-order valence-corrected chi connectivity index (χ2v) is 9.31. The maximum Gasteiger partial charge on any atom is 0.274 e. The van der Waals surface area contributed by atoms with Gasteiger partial charge in [0.05, 0.1) is 28.1 Å². The predicted molar refractivity (Wildman–Crippen MR) is 149 cm³/mol. The lowest BCUT2D eigenvalue weighted by Crippen LogP contribution is -2.27. The molecule has 40 heavy (non-hydrogen) atoms. The fourth-order valence-corrected chi connectivity index (χ4v) is 4.80. The number of halogens is 1. The number of para-hydroxylation sites is 1. The highest BCUT2D eigenvalue weighted by atomic mass is 19.1. The molecular weight excluding hydrogens is 509 g/mol. The molecule has 196 valence electrons. The summed E-state index contributed by atoms with van der Waals surface area (Å²) >= 11 is 0. The zero-order chi connectivity index (χ0) is 27.6. The van der Waals surface area contributed by atoms with Crippen molar-refractivity contribution in [2.24, 2.45) is 5.10 Å². The number of hydrazone groups is 1. The van der Waals surface area contributed by atoms with Gasteiger partial charge in [0.1, 0.15) is 5.82 Å². The van der Waals surface area contributed by atoms with E-state index in [1.54, 1.807) is 53.2 Å². The van der Waals surface area contributed by atoms with E-state index < -0.39 is 11.0 Å². The van der Waals surface area contributed by atoms with E-state index >= 15 is 0 Å². The minimum Gasteiger partial charge on any atom is -0.267 e. The Bertz CT molecular complexity index is 1730. The van der Waals surface area contributed by atoms with E-state index in [2.05, 4.69) is 0 Å². The summed E-state index contributed by atoms with van der Waals surface area (Å²) < 4.78 is 15.5. The average molecular weight is 532 g/mol. The Hall–Kier alpha value is -5.44. The topological polar surface area (TPSA) is 93.6 Å². The van der Waals surface area contributed by atoms with Gasteiger partial charge in [0.15, 0.2) is 0 Å². The van der Waals surface area contributed by atoms with Crippen LogP contribution in [0.15, 0.2) is 120 Å². The number of benzene rings is 4. The van der Waals surface area contributed by atoms with Crippen molar-refractivity contribution in [1.29, 1.82) is 0 Å². The number of amides is 1. The average Bonchev–Trinajstić information content (AvgIpc) is 3.64. The fourth-order valence-electron chi connectivity index (χ4n) is 4.80. The summed E-state index contributed by atoms with van der Waals surface area (Å²) in [7, 11) is 0. The second kappa shape index (κ2) is 10.4. The monoisotopic (exact) mass is 531 g/mol. The number of nitro groups is 1. The van der Waals surface area contributed by atoms with Gasteiger partial charge in [0.25, 0.3) is 11.6 Å². The Balaban J connectivity index is 1.49. The number of nitro benzene ring substituents is 1. The first-order valence-corrected chi connectivity index (χ1v) is 12.6. The highest BCUT2D eigenvalue weighted by Crippen LogP contribution is 2.39. The first kappa shape index (κ1) is 24.9. The Kier molecular flexibility index (Phi) is 6.45. The second-order valence-electron chi connectivity index (χ2n) is 9.31. The molecule has 4 aromatic carbocycles. The van der Waals surface area contributed by atoms with Crippen LogP contribution in [0.25, 0.3) is 16.9 Å². The first-order valence-electron chi connectivity index (χ1n) is 12.6. The van der Waals surface area contributed by atoms with Crippen molar-refractivity contribution >= 4 is 17.3 Å². The summed E-state index contributed by atoms with van der Waals surface area (Å²) in [5.41, 5.74) is 4.28. The molecule has 2 heterocycles. The van der Waals surface area contributed by atoms with Crippen LogP contribution in [0.3, 0.4) is 0 Å². The molecule has 8 nitrogen and oxygen atoms in total. The van der Waals surface area contributed by atoms with Crippen molar-refractivity contribution in [3.63, 3.8) is 0 Å². The highest BCUT2D eigenvalue weighted by molar-refractivity contribution is 6.05. The van der Waals surface area contributed by atoms with Crippen molar-refractivity contribution in [3.05, 3.63) is 148 Å². The number of carbonyl (C=O) groups excluding carboxylic acids is 1. The zero-order valence-electron chi connectivity index (χ0n) is 21.1. The molecule has 1 aliphatic rings. The molecule has 6 rings (SSSR count). The number of rotatable bonds is 6. The number of aromatic nitrogens is 2. The van der Waals surface area contributed by atoms with E-state index in [0.29, 0.717) is 40.1 Å². The molecule has 0 saturated carbocycles. The van der Waals surface area contributed by atoms with Crippen LogP contribution < -0.4 is 0 Å². The smallest absolute Gasteiger partial charge is 0.267 e. The maximum atomic E-state index is 13.8. The van der Waals surface area contributed by atoms with Crippen LogP contribution >= 0.6 is 0 Å². The third-order valence-electron chi connectivity index (χ3n) is 6.77. The van der Waals surface area contributed by atoms with E-state index in [-0.39, 0.29) is 17.4 Å². The molecule has 0 N–H and O–H groups in total. The van der Waals surface area contributed by atoms with E-state index in [1.807, 2.05) is 42.6 Å². The normalized spacial score (nSPS) is 14.7. The zero-order valence-corrected chi connectivity index (χ0v) is 21.1. The third kappa shape index (κ3) is 4.76. The standard InChI is InChI=1S/C31H22FN5O3/c32-24-16-14-21(15-17-24)30-27(20-35(34-30)25-11-5-2-6-12-25)29-19-28(23-10-7-13-26(18-23)37(39)40)33-36(29)31(38)22-8-3-1-4-9-22/h1-18,20,29H,19H2. The largest absolute Gasteiger partial charge is 0.274 e. The summed E-state index contributed by atoms with van der Waals surface area (Å²) in [6, 6.07) is 30.0. The van der Waals surface area contributed by atoms with E-state index in [1.165, 1.54) is 29.3 Å². The highest BCUT2D eigenvalue weighted by Gasteiger charge is 2.37. The lowest BCUT2D eigenvalue weighted by molar-refractivity contribution is -0.384. The Morgan fingerprint density at radius 2 is 1.57 bits per heavy atom. The van der Waals surface area contributed by atoms with Crippen LogP contribution in [-0.2, 0) is 0 Å². The summed E-state index contributed by atoms with van der Waals surface area (Å²) in [5, 5.41) is 22.4. The lowest BCUT2D eigenvalue weighted by Gasteiger charge is -2.22. The minimum absolute atomic E-state index is 0.0616. The van der Waals surface area contributed by atoms with Crippen LogP contribution in [-0.4, -0.2) is 31.3 Å². The first-order chi connectivity index (χ1) is 19.5. The van der Waals surface area contributed by atoms with E-state index in [4.69, 9.17) is 10.2 Å². The predicted octanol–water partition coefficient (Wildman–Crippen LogP) is 6.58. The van der Waals surface area contributed by atoms with Crippen molar-refractivity contribution < 1.29 is 14.1 Å². The Labute approximate surface area is 228 Å². The molecule has 1 aromatic heterocycles. The lowest BCUT2D eigenvalue weighted by atomic mass is 9.96. The van der Waals surface area contributed by atoms with E-state index in [0.717, 1.165) is 5.69 Å². The van der Waals surface area contributed by atoms with Gasteiger partial charge in [-0.1, -0.05) is 48.5 Å². The van der Waals surface area contributed by atoms with Crippen LogP contribution in [0.4, 0.5) is 10.1 Å². The van der Waals surface area contributed by atoms with Gasteiger partial charge < -0.3 is 0 Å².